The largest absolute Gasteiger partial charge is 0.356 e. The summed E-state index contributed by atoms with van der Waals surface area (Å²) in [5.74, 6) is 0.456. The molecule has 1 heterocycles. The minimum Gasteiger partial charge on any atom is -0.356 e. The minimum atomic E-state index is -0.326. The van der Waals surface area contributed by atoms with E-state index in [1.54, 1.807) is 24.3 Å². The average Bonchev–Trinajstić information content (AvgIpc) is 3.59. The molecule has 2 fully saturated rings. The fourth-order valence-electron chi connectivity index (χ4n) is 3.28. The molecule has 1 atom stereocenters. The molecule has 2 saturated carbocycles. The summed E-state index contributed by atoms with van der Waals surface area (Å²) >= 11 is 0. The Labute approximate surface area is 163 Å². The lowest BCUT2D eigenvalue weighted by Gasteiger charge is -2.18. The molecule has 2 aliphatic carbocycles. The molecule has 2 aliphatic rings. The van der Waals surface area contributed by atoms with Crippen molar-refractivity contribution in [3.63, 3.8) is 0 Å². The number of pyridine rings is 1. The molecule has 0 spiro atoms. The van der Waals surface area contributed by atoms with Gasteiger partial charge in [0.2, 0.25) is 5.91 Å². The lowest BCUT2D eigenvalue weighted by Crippen LogP contribution is -2.41. The number of halogens is 1. The SMILES string of the molecule is O=C(CC(NC(=O)c1ccc(-c2cccc(F)c2)nc1)C1CC1)NCC1CC1. The third kappa shape index (κ3) is 4.94. The smallest absolute Gasteiger partial charge is 0.253 e. The highest BCUT2D eigenvalue weighted by atomic mass is 19.1. The highest BCUT2D eigenvalue weighted by molar-refractivity contribution is 5.94. The van der Waals surface area contributed by atoms with Crippen LogP contribution in [0.25, 0.3) is 11.3 Å². The van der Waals surface area contributed by atoms with Crippen LogP contribution < -0.4 is 10.6 Å². The number of carbonyl (C=O) groups excluding carboxylic acids is 2. The van der Waals surface area contributed by atoms with Crippen LogP contribution >= 0.6 is 0 Å². The summed E-state index contributed by atoms with van der Waals surface area (Å²) in [5.41, 5.74) is 1.70. The average molecular weight is 381 g/mol. The molecule has 146 valence electrons. The van der Waals surface area contributed by atoms with Crippen molar-refractivity contribution >= 4 is 11.8 Å². The van der Waals surface area contributed by atoms with E-state index in [4.69, 9.17) is 0 Å². The highest BCUT2D eigenvalue weighted by Gasteiger charge is 2.34. The van der Waals surface area contributed by atoms with Crippen LogP contribution in [-0.2, 0) is 4.79 Å². The Morgan fingerprint density at radius 1 is 1.14 bits per heavy atom. The molecular formula is C22H24FN3O2. The Bertz CT molecular complexity index is 860. The van der Waals surface area contributed by atoms with Crippen LogP contribution in [0.4, 0.5) is 4.39 Å². The van der Waals surface area contributed by atoms with Crippen LogP contribution in [0.5, 0.6) is 0 Å². The topological polar surface area (TPSA) is 71.1 Å². The highest BCUT2D eigenvalue weighted by Crippen LogP contribution is 2.34. The van der Waals surface area contributed by atoms with E-state index in [9.17, 15) is 14.0 Å². The molecule has 28 heavy (non-hydrogen) atoms. The molecule has 0 bridgehead atoms. The number of nitrogens with one attached hydrogen (secondary N) is 2. The van der Waals surface area contributed by atoms with E-state index < -0.39 is 0 Å². The second-order valence-corrected chi connectivity index (χ2v) is 7.81. The molecule has 2 N–H and O–H groups in total. The Morgan fingerprint density at radius 3 is 2.61 bits per heavy atom. The molecule has 0 aliphatic heterocycles. The van der Waals surface area contributed by atoms with Crippen LogP contribution in [0.1, 0.15) is 42.5 Å². The van der Waals surface area contributed by atoms with Crippen molar-refractivity contribution in [2.75, 3.05) is 6.54 Å². The zero-order chi connectivity index (χ0) is 19.5. The van der Waals surface area contributed by atoms with E-state index in [1.165, 1.54) is 31.2 Å². The van der Waals surface area contributed by atoms with E-state index in [2.05, 4.69) is 15.6 Å². The zero-order valence-corrected chi connectivity index (χ0v) is 15.7. The predicted octanol–water partition coefficient (Wildman–Crippen LogP) is 3.31. The van der Waals surface area contributed by atoms with E-state index >= 15 is 0 Å². The second kappa shape index (κ2) is 8.09. The summed E-state index contributed by atoms with van der Waals surface area (Å²) in [5, 5.41) is 5.97. The number of rotatable bonds is 8. The third-order valence-corrected chi connectivity index (χ3v) is 5.34. The maximum Gasteiger partial charge on any atom is 0.253 e. The first-order valence-electron chi connectivity index (χ1n) is 9.88. The Balaban J connectivity index is 1.36. The molecule has 0 saturated heterocycles. The van der Waals surface area contributed by atoms with E-state index in [0.29, 0.717) is 35.1 Å². The van der Waals surface area contributed by atoms with Crippen molar-refractivity contribution < 1.29 is 14.0 Å². The quantitative estimate of drug-likeness (QED) is 0.737. The molecule has 1 unspecified atom stereocenters. The van der Waals surface area contributed by atoms with Gasteiger partial charge in [-0.1, -0.05) is 12.1 Å². The summed E-state index contributed by atoms with van der Waals surface area (Å²) in [6, 6.07) is 9.43. The van der Waals surface area contributed by atoms with Crippen molar-refractivity contribution in [3.8, 4) is 11.3 Å². The summed E-state index contributed by atoms with van der Waals surface area (Å²) in [6.45, 7) is 0.746. The maximum atomic E-state index is 13.4. The van der Waals surface area contributed by atoms with Gasteiger partial charge in [-0.2, -0.15) is 0 Å². The first kappa shape index (κ1) is 18.6. The van der Waals surface area contributed by atoms with E-state index in [1.807, 2.05) is 0 Å². The van der Waals surface area contributed by atoms with Crippen molar-refractivity contribution in [1.82, 2.24) is 15.6 Å². The summed E-state index contributed by atoms with van der Waals surface area (Å²) in [6.07, 6.45) is 6.28. The third-order valence-electron chi connectivity index (χ3n) is 5.34. The van der Waals surface area contributed by atoms with E-state index in [-0.39, 0.29) is 23.7 Å². The van der Waals surface area contributed by atoms with Crippen molar-refractivity contribution in [3.05, 3.63) is 54.0 Å². The Morgan fingerprint density at radius 2 is 1.96 bits per heavy atom. The molecule has 2 aromatic rings. The number of carbonyl (C=O) groups is 2. The van der Waals surface area contributed by atoms with Crippen LogP contribution in [0.2, 0.25) is 0 Å². The van der Waals surface area contributed by atoms with Gasteiger partial charge in [0, 0.05) is 30.8 Å². The van der Waals surface area contributed by atoms with Gasteiger partial charge in [-0.25, -0.2) is 4.39 Å². The van der Waals surface area contributed by atoms with Crippen molar-refractivity contribution in [2.45, 2.75) is 38.1 Å². The lowest BCUT2D eigenvalue weighted by molar-refractivity contribution is -0.121. The number of nitrogens with zero attached hydrogens (tertiary/aromatic N) is 1. The van der Waals surface area contributed by atoms with Gasteiger partial charge in [0.1, 0.15) is 5.82 Å². The normalized spacial score (nSPS) is 17.0. The molecule has 4 rings (SSSR count). The first-order chi connectivity index (χ1) is 13.6. The fourth-order valence-corrected chi connectivity index (χ4v) is 3.28. The fraction of sp³-hybridized carbons (Fsp3) is 0.409. The summed E-state index contributed by atoms with van der Waals surface area (Å²) in [7, 11) is 0. The summed E-state index contributed by atoms with van der Waals surface area (Å²) in [4.78, 5) is 29.1. The number of benzene rings is 1. The van der Waals surface area contributed by atoms with Crippen molar-refractivity contribution in [2.24, 2.45) is 11.8 Å². The molecule has 6 heteroatoms. The molecule has 1 aromatic heterocycles. The van der Waals surface area contributed by atoms with E-state index in [0.717, 1.165) is 19.4 Å². The van der Waals surface area contributed by atoms with Gasteiger partial charge < -0.3 is 10.6 Å². The predicted molar refractivity (Wildman–Crippen MR) is 104 cm³/mol. The Hall–Kier alpha value is -2.76. The van der Waals surface area contributed by atoms with Crippen LogP contribution in [0.15, 0.2) is 42.6 Å². The van der Waals surface area contributed by atoms with Crippen LogP contribution in [-0.4, -0.2) is 29.4 Å². The molecule has 1 aromatic carbocycles. The van der Waals surface area contributed by atoms with Crippen molar-refractivity contribution in [1.29, 1.82) is 0 Å². The molecular weight excluding hydrogens is 357 g/mol. The van der Waals surface area contributed by atoms with Gasteiger partial charge in [-0.15, -0.1) is 0 Å². The zero-order valence-electron chi connectivity index (χ0n) is 15.7. The van der Waals surface area contributed by atoms with Gasteiger partial charge in [0.15, 0.2) is 0 Å². The van der Waals surface area contributed by atoms with Gasteiger partial charge in [-0.3, -0.25) is 14.6 Å². The van der Waals surface area contributed by atoms with Gasteiger partial charge >= 0.3 is 0 Å². The second-order valence-electron chi connectivity index (χ2n) is 7.81. The monoisotopic (exact) mass is 381 g/mol. The van der Waals surface area contributed by atoms with Gasteiger partial charge in [0.25, 0.3) is 5.91 Å². The number of aromatic nitrogens is 1. The summed E-state index contributed by atoms with van der Waals surface area (Å²) < 4.78 is 13.4. The minimum absolute atomic E-state index is 0.00340. The van der Waals surface area contributed by atoms with Crippen LogP contribution in [0.3, 0.4) is 0 Å². The number of amides is 2. The first-order valence-corrected chi connectivity index (χ1v) is 9.88. The molecule has 0 radical (unpaired) electrons. The van der Waals surface area contributed by atoms with Crippen LogP contribution in [0, 0.1) is 17.7 Å². The maximum absolute atomic E-state index is 13.4. The van der Waals surface area contributed by atoms with Gasteiger partial charge in [0.05, 0.1) is 11.3 Å². The number of hydrogen-bond acceptors (Lipinski definition) is 3. The Kier molecular flexibility index (Phi) is 5.37. The lowest BCUT2D eigenvalue weighted by atomic mass is 10.1. The standard InChI is InChI=1S/C22H24FN3O2/c23-18-3-1-2-16(10-18)19-9-8-17(13-24-19)22(28)26-20(15-6-7-15)11-21(27)25-12-14-4-5-14/h1-3,8-10,13-15,20H,4-7,11-12H2,(H,25,27)(H,26,28). The molecule has 5 nitrogen and oxygen atoms in total. The number of hydrogen-bond donors (Lipinski definition) is 2. The molecule has 2 amide bonds. The van der Waals surface area contributed by atoms with Gasteiger partial charge in [-0.05, 0) is 61.8 Å².